The second-order valence-electron chi connectivity index (χ2n) is 9.34. The standard InChI is InChI=1S/C34H30N2O5S2/c1-5-19-41-26-18-13-22(20-27(26)39-6-2)21-28-32(37)36-31(24-14-16-25(42-4)17-15-24)29(33(38)40-7-3)30(35-34(36)43-28)23-11-9-8-10-12-23/h1,8-18,20-21,31H,6-7,19H2,2-4H3/b28-21-/t31-/m0/s1. The third-order valence-corrected chi connectivity index (χ3v) is 8.41. The summed E-state index contributed by atoms with van der Waals surface area (Å²) in [6, 6.07) is 22.1. The van der Waals surface area contributed by atoms with Crippen LogP contribution in [0.2, 0.25) is 0 Å². The van der Waals surface area contributed by atoms with Crippen LogP contribution in [0.1, 0.15) is 36.6 Å². The van der Waals surface area contributed by atoms with Crippen LogP contribution in [0.4, 0.5) is 0 Å². The molecule has 43 heavy (non-hydrogen) atoms. The van der Waals surface area contributed by atoms with E-state index in [2.05, 4.69) is 5.92 Å². The number of carbonyl (C=O) groups excluding carboxylic acids is 1. The van der Waals surface area contributed by atoms with Gasteiger partial charge in [-0.05, 0) is 61.6 Å². The minimum absolute atomic E-state index is 0.114. The van der Waals surface area contributed by atoms with Crippen molar-refractivity contribution in [2.45, 2.75) is 24.8 Å². The molecule has 0 bridgehead atoms. The topological polar surface area (TPSA) is 79.1 Å². The summed E-state index contributed by atoms with van der Waals surface area (Å²) in [6.07, 6.45) is 9.15. The predicted octanol–water partition coefficient (Wildman–Crippen LogP) is 5.07. The second kappa shape index (κ2) is 13.6. The summed E-state index contributed by atoms with van der Waals surface area (Å²) >= 11 is 2.88. The van der Waals surface area contributed by atoms with E-state index < -0.39 is 12.0 Å². The lowest BCUT2D eigenvalue weighted by Gasteiger charge is -2.26. The number of benzene rings is 3. The number of ether oxygens (including phenoxy) is 3. The zero-order valence-electron chi connectivity index (χ0n) is 24.0. The van der Waals surface area contributed by atoms with Gasteiger partial charge >= 0.3 is 5.97 Å². The molecule has 218 valence electrons. The van der Waals surface area contributed by atoms with E-state index in [0.717, 1.165) is 21.6 Å². The first-order valence-corrected chi connectivity index (χ1v) is 15.8. The summed E-state index contributed by atoms with van der Waals surface area (Å²) in [6.45, 7) is 4.38. The van der Waals surface area contributed by atoms with Gasteiger partial charge in [0.2, 0.25) is 0 Å². The van der Waals surface area contributed by atoms with Gasteiger partial charge in [0.25, 0.3) is 5.56 Å². The SMILES string of the molecule is C#CCOc1ccc(/C=c2\sc3n(c2=O)[C@@H](c2ccc(SC)cc2)C(C(=O)OCC)=C(c2ccccc2)N=3)cc1OCC. The van der Waals surface area contributed by atoms with Gasteiger partial charge < -0.3 is 14.2 Å². The molecule has 0 unspecified atom stereocenters. The summed E-state index contributed by atoms with van der Waals surface area (Å²) in [5.41, 5.74) is 2.83. The molecule has 0 amide bonds. The molecule has 0 aliphatic carbocycles. The zero-order chi connectivity index (χ0) is 30.3. The minimum atomic E-state index is -0.734. The molecule has 1 aromatic heterocycles. The van der Waals surface area contributed by atoms with Gasteiger partial charge in [0, 0.05) is 10.5 Å². The first-order chi connectivity index (χ1) is 21.0. The van der Waals surface area contributed by atoms with Gasteiger partial charge in [0.05, 0.1) is 35.1 Å². The molecule has 0 spiro atoms. The number of hydrogen-bond acceptors (Lipinski definition) is 8. The monoisotopic (exact) mass is 610 g/mol. The normalized spacial score (nSPS) is 14.5. The molecule has 4 aromatic rings. The van der Waals surface area contributed by atoms with E-state index in [0.29, 0.717) is 38.7 Å². The highest BCUT2D eigenvalue weighted by atomic mass is 32.2. The van der Waals surface area contributed by atoms with E-state index in [4.69, 9.17) is 25.6 Å². The third kappa shape index (κ3) is 6.31. The molecule has 0 saturated heterocycles. The molecule has 0 radical (unpaired) electrons. The van der Waals surface area contributed by atoms with Crippen LogP contribution in [0.3, 0.4) is 0 Å². The molecule has 5 rings (SSSR count). The van der Waals surface area contributed by atoms with Crippen molar-refractivity contribution in [1.29, 1.82) is 0 Å². The van der Waals surface area contributed by atoms with Crippen LogP contribution in [0.5, 0.6) is 11.5 Å². The van der Waals surface area contributed by atoms with E-state index in [1.165, 1.54) is 11.3 Å². The Morgan fingerprint density at radius 3 is 2.49 bits per heavy atom. The number of terminal acetylenes is 1. The maximum Gasteiger partial charge on any atom is 0.338 e. The van der Waals surface area contributed by atoms with Gasteiger partial charge in [-0.1, -0.05) is 65.8 Å². The van der Waals surface area contributed by atoms with Crippen LogP contribution in [-0.2, 0) is 9.53 Å². The highest BCUT2D eigenvalue weighted by molar-refractivity contribution is 7.98. The Morgan fingerprint density at radius 2 is 1.81 bits per heavy atom. The number of hydrogen-bond donors (Lipinski definition) is 0. The number of carbonyl (C=O) groups is 1. The molecule has 0 fully saturated rings. The smallest absolute Gasteiger partial charge is 0.338 e. The molecule has 0 saturated carbocycles. The van der Waals surface area contributed by atoms with Crippen molar-refractivity contribution in [3.63, 3.8) is 0 Å². The van der Waals surface area contributed by atoms with Crippen molar-refractivity contribution >= 4 is 40.8 Å². The Hall–Kier alpha value is -4.52. The predicted molar refractivity (Wildman–Crippen MR) is 171 cm³/mol. The van der Waals surface area contributed by atoms with Gasteiger partial charge in [-0.2, -0.15) is 0 Å². The average molecular weight is 611 g/mol. The van der Waals surface area contributed by atoms with Crippen molar-refractivity contribution in [2.24, 2.45) is 4.99 Å². The Morgan fingerprint density at radius 1 is 1.05 bits per heavy atom. The summed E-state index contributed by atoms with van der Waals surface area (Å²) in [4.78, 5) is 34.2. The Labute approximate surface area is 258 Å². The fraction of sp³-hybridized carbons (Fsp3) is 0.206. The molecular weight excluding hydrogens is 581 g/mol. The van der Waals surface area contributed by atoms with Crippen LogP contribution in [-0.4, -0.2) is 36.6 Å². The Balaban J connectivity index is 1.74. The molecule has 7 nitrogen and oxygen atoms in total. The molecular formula is C34H30N2O5S2. The number of nitrogens with zero attached hydrogens (tertiary/aromatic N) is 2. The zero-order valence-corrected chi connectivity index (χ0v) is 25.7. The highest BCUT2D eigenvalue weighted by Crippen LogP contribution is 2.36. The maximum atomic E-state index is 14.1. The third-order valence-electron chi connectivity index (χ3n) is 6.68. The van der Waals surface area contributed by atoms with Crippen molar-refractivity contribution < 1.29 is 19.0 Å². The molecule has 1 atom stereocenters. The summed E-state index contributed by atoms with van der Waals surface area (Å²) in [7, 11) is 0. The van der Waals surface area contributed by atoms with Crippen LogP contribution in [0.15, 0.2) is 93.1 Å². The number of rotatable bonds is 10. The summed E-state index contributed by atoms with van der Waals surface area (Å²) in [5.74, 6) is 3.00. The van der Waals surface area contributed by atoms with Gasteiger partial charge in [-0.3, -0.25) is 9.36 Å². The molecule has 1 aliphatic rings. The van der Waals surface area contributed by atoms with Crippen molar-refractivity contribution in [1.82, 2.24) is 4.57 Å². The Bertz CT molecular complexity index is 1880. The molecule has 0 N–H and O–H groups in total. The lowest BCUT2D eigenvalue weighted by atomic mass is 9.93. The van der Waals surface area contributed by atoms with E-state index in [-0.39, 0.29) is 18.8 Å². The molecule has 1 aliphatic heterocycles. The second-order valence-corrected chi connectivity index (χ2v) is 11.2. The van der Waals surface area contributed by atoms with E-state index in [9.17, 15) is 9.59 Å². The first-order valence-electron chi connectivity index (χ1n) is 13.7. The number of aromatic nitrogens is 1. The summed E-state index contributed by atoms with van der Waals surface area (Å²) in [5, 5.41) is 0. The largest absolute Gasteiger partial charge is 0.490 e. The van der Waals surface area contributed by atoms with Crippen LogP contribution in [0, 0.1) is 12.3 Å². The molecule has 9 heteroatoms. The van der Waals surface area contributed by atoms with Gasteiger partial charge in [-0.25, -0.2) is 9.79 Å². The van der Waals surface area contributed by atoms with E-state index in [1.54, 1.807) is 35.4 Å². The summed E-state index contributed by atoms with van der Waals surface area (Å²) < 4.78 is 19.0. The number of thiazole rings is 1. The van der Waals surface area contributed by atoms with E-state index >= 15 is 0 Å². The van der Waals surface area contributed by atoms with E-state index in [1.807, 2.05) is 79.9 Å². The number of thioether (sulfide) groups is 1. The fourth-order valence-corrected chi connectivity index (χ4v) is 6.22. The van der Waals surface area contributed by atoms with Crippen molar-refractivity contribution in [2.75, 3.05) is 26.1 Å². The van der Waals surface area contributed by atoms with Crippen LogP contribution in [0.25, 0.3) is 11.8 Å². The van der Waals surface area contributed by atoms with Gasteiger partial charge in [0.1, 0.15) is 6.61 Å². The number of esters is 1. The molecule has 3 aromatic carbocycles. The highest BCUT2D eigenvalue weighted by Gasteiger charge is 2.35. The van der Waals surface area contributed by atoms with Crippen molar-refractivity contribution in [3.8, 4) is 23.8 Å². The maximum absolute atomic E-state index is 14.1. The van der Waals surface area contributed by atoms with Crippen LogP contribution < -0.4 is 24.4 Å². The molecule has 2 heterocycles. The number of fused-ring (bicyclic) bond motifs is 1. The Kier molecular flexibility index (Phi) is 9.50. The van der Waals surface area contributed by atoms with Gasteiger partial charge in [0.15, 0.2) is 16.3 Å². The first kappa shape index (κ1) is 30.0. The van der Waals surface area contributed by atoms with Crippen LogP contribution >= 0.6 is 23.1 Å². The average Bonchev–Trinajstić information content (AvgIpc) is 3.34. The minimum Gasteiger partial charge on any atom is -0.490 e. The fourth-order valence-electron chi connectivity index (χ4n) is 4.81. The lowest BCUT2D eigenvalue weighted by molar-refractivity contribution is -0.138. The lowest BCUT2D eigenvalue weighted by Crippen LogP contribution is -2.40. The quantitative estimate of drug-likeness (QED) is 0.142. The van der Waals surface area contributed by atoms with Crippen molar-refractivity contribution in [3.05, 3.63) is 115 Å². The van der Waals surface area contributed by atoms with Gasteiger partial charge in [-0.15, -0.1) is 18.2 Å².